The number of benzene rings is 3. The van der Waals surface area contributed by atoms with Crippen LogP contribution in [-0.2, 0) is 0 Å². The summed E-state index contributed by atoms with van der Waals surface area (Å²) in [6.45, 7) is 7.39. The van der Waals surface area contributed by atoms with Crippen LogP contribution < -0.4 is 4.74 Å². The van der Waals surface area contributed by atoms with E-state index in [0.29, 0.717) is 5.92 Å². The lowest BCUT2D eigenvalue weighted by molar-refractivity contribution is 0.317. The van der Waals surface area contributed by atoms with Crippen molar-refractivity contribution in [2.24, 2.45) is 0 Å². The van der Waals surface area contributed by atoms with E-state index in [0.717, 1.165) is 18.8 Å². The molecule has 128 valence electrons. The first-order valence-electron chi connectivity index (χ1n) is 9.11. The van der Waals surface area contributed by atoms with Crippen molar-refractivity contribution >= 4 is 0 Å². The molecule has 0 aromatic heterocycles. The van der Waals surface area contributed by atoms with Crippen LogP contribution in [0.1, 0.15) is 38.7 Å². The lowest BCUT2D eigenvalue weighted by Gasteiger charge is -2.15. The van der Waals surface area contributed by atoms with Crippen molar-refractivity contribution in [3.05, 3.63) is 78.4 Å². The SMILES string of the molecule is CCCOc1ccc(-c2ccc(C(C)C)c(-c3ccccc3)c2)cc1. The third kappa shape index (κ3) is 4.11. The Hall–Kier alpha value is -2.54. The highest BCUT2D eigenvalue weighted by Crippen LogP contribution is 2.33. The molecule has 0 unspecified atom stereocenters. The molecule has 1 nitrogen and oxygen atoms in total. The van der Waals surface area contributed by atoms with Crippen LogP contribution >= 0.6 is 0 Å². The number of ether oxygens (including phenoxy) is 1. The van der Waals surface area contributed by atoms with E-state index in [-0.39, 0.29) is 0 Å². The van der Waals surface area contributed by atoms with Gasteiger partial charge < -0.3 is 4.74 Å². The van der Waals surface area contributed by atoms with E-state index in [4.69, 9.17) is 4.74 Å². The lowest BCUT2D eigenvalue weighted by Crippen LogP contribution is -1.95. The summed E-state index contributed by atoms with van der Waals surface area (Å²) in [5.41, 5.74) is 6.44. The molecule has 0 fully saturated rings. The van der Waals surface area contributed by atoms with E-state index < -0.39 is 0 Å². The van der Waals surface area contributed by atoms with Crippen LogP contribution in [0.25, 0.3) is 22.3 Å². The van der Waals surface area contributed by atoms with Crippen LogP contribution in [-0.4, -0.2) is 6.61 Å². The number of hydrogen-bond acceptors (Lipinski definition) is 1. The van der Waals surface area contributed by atoms with Crippen LogP contribution in [0.15, 0.2) is 72.8 Å². The summed E-state index contributed by atoms with van der Waals surface area (Å²) in [4.78, 5) is 0. The van der Waals surface area contributed by atoms with Crippen molar-refractivity contribution in [2.75, 3.05) is 6.61 Å². The first-order chi connectivity index (χ1) is 12.2. The van der Waals surface area contributed by atoms with E-state index in [1.807, 2.05) is 0 Å². The van der Waals surface area contributed by atoms with Crippen molar-refractivity contribution in [1.82, 2.24) is 0 Å². The average Bonchev–Trinajstić information content (AvgIpc) is 2.67. The highest BCUT2D eigenvalue weighted by molar-refractivity contribution is 5.76. The smallest absolute Gasteiger partial charge is 0.119 e. The van der Waals surface area contributed by atoms with Gasteiger partial charge in [0, 0.05) is 0 Å². The third-order valence-electron chi connectivity index (χ3n) is 4.42. The van der Waals surface area contributed by atoms with Gasteiger partial charge in [-0.05, 0) is 58.4 Å². The van der Waals surface area contributed by atoms with Gasteiger partial charge in [-0.2, -0.15) is 0 Å². The predicted molar refractivity (Wildman–Crippen MR) is 107 cm³/mol. The molecule has 3 rings (SSSR count). The second-order valence-electron chi connectivity index (χ2n) is 6.70. The molecular formula is C24H26O. The molecule has 0 atom stereocenters. The normalized spacial score (nSPS) is 10.9. The summed E-state index contributed by atoms with van der Waals surface area (Å²) in [7, 11) is 0. The molecule has 0 aliphatic rings. The van der Waals surface area contributed by atoms with Crippen molar-refractivity contribution in [3.63, 3.8) is 0 Å². The Morgan fingerprint density at radius 3 is 2.08 bits per heavy atom. The zero-order valence-electron chi connectivity index (χ0n) is 15.3. The third-order valence-corrected chi connectivity index (χ3v) is 4.42. The van der Waals surface area contributed by atoms with Crippen molar-refractivity contribution < 1.29 is 4.74 Å². The summed E-state index contributed by atoms with van der Waals surface area (Å²) in [5.74, 6) is 1.43. The number of hydrogen-bond donors (Lipinski definition) is 0. The minimum atomic E-state index is 0.495. The van der Waals surface area contributed by atoms with Gasteiger partial charge in [0.15, 0.2) is 0 Å². The highest BCUT2D eigenvalue weighted by atomic mass is 16.5. The van der Waals surface area contributed by atoms with Gasteiger partial charge in [-0.25, -0.2) is 0 Å². The molecule has 0 radical (unpaired) electrons. The van der Waals surface area contributed by atoms with Crippen LogP contribution in [0, 0.1) is 0 Å². The van der Waals surface area contributed by atoms with Gasteiger partial charge in [0.2, 0.25) is 0 Å². The Morgan fingerprint density at radius 2 is 1.44 bits per heavy atom. The van der Waals surface area contributed by atoms with Crippen LogP contribution in [0.5, 0.6) is 5.75 Å². The van der Waals surface area contributed by atoms with E-state index in [1.165, 1.54) is 27.8 Å². The quantitative estimate of drug-likeness (QED) is 0.476. The maximum absolute atomic E-state index is 5.69. The monoisotopic (exact) mass is 330 g/mol. The van der Waals surface area contributed by atoms with Gasteiger partial charge in [-0.1, -0.05) is 75.4 Å². The average molecular weight is 330 g/mol. The Labute approximate surface area is 151 Å². The van der Waals surface area contributed by atoms with E-state index in [1.54, 1.807) is 0 Å². The summed E-state index contributed by atoms with van der Waals surface area (Å²) in [5, 5.41) is 0. The van der Waals surface area contributed by atoms with Crippen LogP contribution in [0.4, 0.5) is 0 Å². The Bertz CT molecular complexity index is 801. The van der Waals surface area contributed by atoms with Gasteiger partial charge in [0.05, 0.1) is 6.61 Å². The lowest BCUT2D eigenvalue weighted by atomic mass is 9.89. The van der Waals surface area contributed by atoms with Crippen LogP contribution in [0.3, 0.4) is 0 Å². The molecule has 0 bridgehead atoms. The summed E-state index contributed by atoms with van der Waals surface area (Å²) >= 11 is 0. The summed E-state index contributed by atoms with van der Waals surface area (Å²) in [6.07, 6.45) is 1.03. The molecule has 0 N–H and O–H groups in total. The van der Waals surface area contributed by atoms with Crippen molar-refractivity contribution in [1.29, 1.82) is 0 Å². The van der Waals surface area contributed by atoms with Crippen LogP contribution in [0.2, 0.25) is 0 Å². The van der Waals surface area contributed by atoms with Gasteiger partial charge in [-0.3, -0.25) is 0 Å². The molecule has 1 heteroatoms. The fraction of sp³-hybridized carbons (Fsp3) is 0.250. The molecule has 0 heterocycles. The summed E-state index contributed by atoms with van der Waals surface area (Å²) in [6, 6.07) is 25.9. The second-order valence-corrected chi connectivity index (χ2v) is 6.70. The Balaban J connectivity index is 1.98. The van der Waals surface area contributed by atoms with Gasteiger partial charge in [0.1, 0.15) is 5.75 Å². The maximum Gasteiger partial charge on any atom is 0.119 e. The first-order valence-corrected chi connectivity index (χ1v) is 9.11. The topological polar surface area (TPSA) is 9.23 Å². The molecule has 0 amide bonds. The molecule has 3 aromatic rings. The zero-order valence-corrected chi connectivity index (χ0v) is 15.3. The molecular weight excluding hydrogens is 304 g/mol. The Morgan fingerprint density at radius 1 is 0.760 bits per heavy atom. The van der Waals surface area contributed by atoms with E-state index >= 15 is 0 Å². The standard InChI is InChI=1S/C24H26O/c1-4-16-25-22-13-10-19(11-14-22)21-12-15-23(18(2)3)24(17-21)20-8-6-5-7-9-20/h5-15,17-18H,4,16H2,1-3H3. The first kappa shape index (κ1) is 17.3. The fourth-order valence-electron chi connectivity index (χ4n) is 3.07. The maximum atomic E-state index is 5.69. The minimum absolute atomic E-state index is 0.495. The van der Waals surface area contributed by atoms with Crippen molar-refractivity contribution in [2.45, 2.75) is 33.1 Å². The highest BCUT2D eigenvalue weighted by Gasteiger charge is 2.10. The van der Waals surface area contributed by atoms with Gasteiger partial charge in [0.25, 0.3) is 0 Å². The second kappa shape index (κ2) is 8.02. The molecule has 0 saturated heterocycles. The van der Waals surface area contributed by atoms with Gasteiger partial charge >= 0.3 is 0 Å². The largest absolute Gasteiger partial charge is 0.494 e. The molecule has 25 heavy (non-hydrogen) atoms. The molecule has 3 aromatic carbocycles. The van der Waals surface area contributed by atoms with Crippen molar-refractivity contribution in [3.8, 4) is 28.0 Å². The zero-order chi connectivity index (χ0) is 17.6. The predicted octanol–water partition coefficient (Wildman–Crippen LogP) is 6.93. The van der Waals surface area contributed by atoms with Gasteiger partial charge in [-0.15, -0.1) is 0 Å². The number of rotatable bonds is 6. The molecule has 0 spiro atoms. The molecule has 0 aliphatic carbocycles. The Kier molecular flexibility index (Phi) is 5.55. The summed E-state index contributed by atoms with van der Waals surface area (Å²) < 4.78 is 5.69. The molecule has 0 aliphatic heterocycles. The molecule has 0 saturated carbocycles. The minimum Gasteiger partial charge on any atom is -0.494 e. The fourth-order valence-corrected chi connectivity index (χ4v) is 3.07. The van der Waals surface area contributed by atoms with E-state index in [9.17, 15) is 0 Å². The van der Waals surface area contributed by atoms with E-state index in [2.05, 4.69) is 93.6 Å².